The predicted molar refractivity (Wildman–Crippen MR) is 127 cm³/mol. The van der Waals surface area contributed by atoms with E-state index >= 15 is 0 Å². The first-order chi connectivity index (χ1) is 15.1. The van der Waals surface area contributed by atoms with Gasteiger partial charge in [0.2, 0.25) is 0 Å². The second-order valence-electron chi connectivity index (χ2n) is 8.79. The molecule has 0 aliphatic heterocycles. The van der Waals surface area contributed by atoms with Gasteiger partial charge in [-0.3, -0.25) is 4.79 Å². The van der Waals surface area contributed by atoms with E-state index in [-0.39, 0.29) is 11.5 Å². The normalized spacial score (nSPS) is 15.6. The van der Waals surface area contributed by atoms with Gasteiger partial charge >= 0.3 is 0 Å². The Morgan fingerprint density at radius 1 is 1.00 bits per heavy atom. The van der Waals surface area contributed by atoms with Crippen LogP contribution >= 0.6 is 0 Å². The molecule has 0 saturated heterocycles. The van der Waals surface area contributed by atoms with E-state index in [4.69, 9.17) is 10.1 Å². The molecule has 0 unspecified atom stereocenters. The Morgan fingerprint density at radius 3 is 2.48 bits per heavy atom. The third kappa shape index (κ3) is 3.58. The molecule has 5 heteroatoms. The van der Waals surface area contributed by atoms with Gasteiger partial charge in [0.15, 0.2) is 0 Å². The van der Waals surface area contributed by atoms with E-state index < -0.39 is 0 Å². The number of para-hydroxylation sites is 2. The maximum absolute atomic E-state index is 13.4. The molecule has 0 N–H and O–H groups in total. The van der Waals surface area contributed by atoms with Crippen molar-refractivity contribution in [3.8, 4) is 0 Å². The Hall–Kier alpha value is -3.21. The van der Waals surface area contributed by atoms with E-state index in [1.54, 1.807) is 4.68 Å². The number of rotatable bonds is 4. The van der Waals surface area contributed by atoms with Crippen LogP contribution < -0.4 is 5.56 Å². The lowest BCUT2D eigenvalue weighted by atomic mass is 9.88. The largest absolute Gasteiger partial charge is 0.344 e. The first-order valence-corrected chi connectivity index (χ1v) is 11.3. The monoisotopic (exact) mass is 412 g/mol. The Kier molecular flexibility index (Phi) is 5.18. The molecule has 0 atom stereocenters. The lowest BCUT2D eigenvalue weighted by Crippen LogP contribution is -2.25. The van der Waals surface area contributed by atoms with Crippen molar-refractivity contribution in [1.29, 1.82) is 0 Å². The molecule has 0 bridgehead atoms. The van der Waals surface area contributed by atoms with Crippen LogP contribution in [0.5, 0.6) is 0 Å². The number of hydrogen-bond acceptors (Lipinski definition) is 3. The Bertz CT molecular complexity index is 1320. The van der Waals surface area contributed by atoms with Crippen molar-refractivity contribution in [3.05, 3.63) is 76.5 Å². The first-order valence-electron chi connectivity index (χ1n) is 11.3. The van der Waals surface area contributed by atoms with Gasteiger partial charge < -0.3 is 4.57 Å². The van der Waals surface area contributed by atoms with Gasteiger partial charge in [0.25, 0.3) is 5.56 Å². The molecule has 2 heterocycles. The zero-order valence-corrected chi connectivity index (χ0v) is 18.2. The molecule has 4 aromatic rings. The van der Waals surface area contributed by atoms with E-state index in [2.05, 4.69) is 42.8 Å². The maximum atomic E-state index is 13.4. The Balaban J connectivity index is 1.67. The van der Waals surface area contributed by atoms with E-state index in [1.807, 2.05) is 36.5 Å². The summed E-state index contributed by atoms with van der Waals surface area (Å²) >= 11 is 0. The van der Waals surface area contributed by atoms with Crippen LogP contribution in [-0.4, -0.2) is 20.4 Å². The summed E-state index contributed by atoms with van der Waals surface area (Å²) in [5.41, 5.74) is 2.86. The summed E-state index contributed by atoms with van der Waals surface area (Å²) in [5.74, 6) is 1.08. The molecular formula is C26H28N4O. The molecule has 1 fully saturated rings. The van der Waals surface area contributed by atoms with Crippen molar-refractivity contribution in [3.63, 3.8) is 0 Å². The summed E-state index contributed by atoms with van der Waals surface area (Å²) in [6.07, 6.45) is 9.69. The summed E-state index contributed by atoms with van der Waals surface area (Å²) in [6, 6.07) is 16.3. The van der Waals surface area contributed by atoms with Gasteiger partial charge in [-0.1, -0.05) is 49.6 Å². The predicted octanol–water partition coefficient (Wildman–Crippen LogP) is 5.86. The molecule has 0 radical (unpaired) electrons. The van der Waals surface area contributed by atoms with Gasteiger partial charge in [-0.15, -0.1) is 0 Å². The van der Waals surface area contributed by atoms with Crippen LogP contribution in [0, 0.1) is 0 Å². The molecule has 1 saturated carbocycles. The molecule has 1 aliphatic carbocycles. The fourth-order valence-corrected chi connectivity index (χ4v) is 4.76. The van der Waals surface area contributed by atoms with Crippen molar-refractivity contribution in [2.24, 2.45) is 5.10 Å². The zero-order chi connectivity index (χ0) is 21.4. The van der Waals surface area contributed by atoms with Crippen molar-refractivity contribution in [2.45, 2.75) is 57.9 Å². The standard InChI is InChI=1S/C26H28N4O/c1-18(2)29-17-20(21-12-7-9-15-24(21)29)16-27-30-25(19-10-4-3-5-11-19)28-23-14-8-6-13-22(23)26(30)31/h6-9,12-19H,3-5,10-11H2,1-2H3. The maximum Gasteiger partial charge on any atom is 0.282 e. The lowest BCUT2D eigenvalue weighted by molar-refractivity contribution is 0.416. The highest BCUT2D eigenvalue weighted by Crippen LogP contribution is 2.32. The van der Waals surface area contributed by atoms with Gasteiger partial charge in [-0.2, -0.15) is 9.78 Å². The fraction of sp³-hybridized carbons (Fsp3) is 0.346. The molecule has 1 aliphatic rings. The number of fused-ring (bicyclic) bond motifs is 2. The van der Waals surface area contributed by atoms with Crippen LogP contribution in [0.4, 0.5) is 0 Å². The van der Waals surface area contributed by atoms with E-state index in [0.717, 1.165) is 35.1 Å². The van der Waals surface area contributed by atoms with Gasteiger partial charge in [0.05, 0.1) is 17.1 Å². The van der Waals surface area contributed by atoms with Gasteiger partial charge in [-0.25, -0.2) is 4.98 Å². The summed E-state index contributed by atoms with van der Waals surface area (Å²) in [6.45, 7) is 4.35. The highest BCUT2D eigenvalue weighted by molar-refractivity contribution is 5.99. The van der Waals surface area contributed by atoms with E-state index in [0.29, 0.717) is 11.4 Å². The average molecular weight is 413 g/mol. The highest BCUT2D eigenvalue weighted by atomic mass is 16.1. The molecule has 2 aromatic carbocycles. The topological polar surface area (TPSA) is 52.2 Å². The third-order valence-electron chi connectivity index (χ3n) is 6.39. The molecule has 158 valence electrons. The second-order valence-corrected chi connectivity index (χ2v) is 8.79. The lowest BCUT2D eigenvalue weighted by Gasteiger charge is -2.22. The van der Waals surface area contributed by atoms with Crippen LogP contribution in [0.3, 0.4) is 0 Å². The Morgan fingerprint density at radius 2 is 1.71 bits per heavy atom. The fourth-order valence-electron chi connectivity index (χ4n) is 4.76. The zero-order valence-electron chi connectivity index (χ0n) is 18.2. The third-order valence-corrected chi connectivity index (χ3v) is 6.39. The van der Waals surface area contributed by atoms with Crippen molar-refractivity contribution < 1.29 is 0 Å². The highest BCUT2D eigenvalue weighted by Gasteiger charge is 2.22. The quantitative estimate of drug-likeness (QED) is 0.394. The summed E-state index contributed by atoms with van der Waals surface area (Å²) < 4.78 is 3.81. The minimum atomic E-state index is -0.0879. The number of hydrogen-bond donors (Lipinski definition) is 0. The second kappa shape index (κ2) is 8.14. The van der Waals surface area contributed by atoms with Crippen LogP contribution in [0.15, 0.2) is 64.6 Å². The van der Waals surface area contributed by atoms with Crippen molar-refractivity contribution in [2.75, 3.05) is 0 Å². The molecule has 0 amide bonds. The SMILES string of the molecule is CC(C)n1cc(C=Nn2c(C3CCCCC3)nc3ccccc3c2=O)c2ccccc21. The molecule has 31 heavy (non-hydrogen) atoms. The molecule has 0 spiro atoms. The van der Waals surface area contributed by atoms with E-state index in [9.17, 15) is 4.79 Å². The molecule has 5 rings (SSSR count). The average Bonchev–Trinajstić information content (AvgIpc) is 3.18. The minimum absolute atomic E-state index is 0.0879. The smallest absolute Gasteiger partial charge is 0.282 e. The van der Waals surface area contributed by atoms with Crippen molar-refractivity contribution >= 4 is 28.0 Å². The molecule has 5 nitrogen and oxygen atoms in total. The minimum Gasteiger partial charge on any atom is -0.344 e. The molecular weight excluding hydrogens is 384 g/mol. The van der Waals surface area contributed by atoms with Crippen LogP contribution in [0.25, 0.3) is 21.8 Å². The first kappa shape index (κ1) is 19.7. The van der Waals surface area contributed by atoms with Gasteiger partial charge in [0, 0.05) is 34.6 Å². The van der Waals surface area contributed by atoms with Gasteiger partial charge in [0.1, 0.15) is 5.82 Å². The number of aromatic nitrogens is 3. The van der Waals surface area contributed by atoms with Crippen LogP contribution in [-0.2, 0) is 0 Å². The van der Waals surface area contributed by atoms with Crippen LogP contribution in [0.2, 0.25) is 0 Å². The summed E-state index contributed by atoms with van der Waals surface area (Å²) in [7, 11) is 0. The molecule has 2 aromatic heterocycles. The van der Waals surface area contributed by atoms with Crippen LogP contribution in [0.1, 0.15) is 69.3 Å². The van der Waals surface area contributed by atoms with Gasteiger partial charge in [-0.05, 0) is 44.9 Å². The Labute approximate surface area is 182 Å². The number of nitrogens with zero attached hydrogens (tertiary/aromatic N) is 4. The van der Waals surface area contributed by atoms with Crippen molar-refractivity contribution in [1.82, 2.24) is 14.2 Å². The number of benzene rings is 2. The summed E-state index contributed by atoms with van der Waals surface area (Å²) in [5, 5.41) is 6.48. The summed E-state index contributed by atoms with van der Waals surface area (Å²) in [4.78, 5) is 18.3. The van der Waals surface area contributed by atoms with E-state index in [1.165, 1.54) is 24.8 Å².